The number of rotatable bonds is 7. The van der Waals surface area contributed by atoms with Gasteiger partial charge in [0.1, 0.15) is 12.2 Å². The zero-order valence-electron chi connectivity index (χ0n) is 27.5. The van der Waals surface area contributed by atoms with E-state index in [0.29, 0.717) is 35.5 Å². The van der Waals surface area contributed by atoms with Gasteiger partial charge in [-0.25, -0.2) is 0 Å². The van der Waals surface area contributed by atoms with Crippen molar-refractivity contribution in [1.29, 1.82) is 0 Å². The molecule has 6 rings (SSSR count). The van der Waals surface area contributed by atoms with Crippen molar-refractivity contribution in [2.24, 2.45) is 46.3 Å². The molecule has 2 aromatic rings. The van der Waals surface area contributed by atoms with Crippen LogP contribution in [0.4, 0.5) is 0 Å². The van der Waals surface area contributed by atoms with E-state index in [9.17, 15) is 9.59 Å². The second-order valence-electron chi connectivity index (χ2n) is 15.1. The number of ether oxygens (including phenoxy) is 2. The van der Waals surface area contributed by atoms with Gasteiger partial charge in [0.2, 0.25) is 0 Å². The standard InChI is InChI=1S/C40H52O4/c1-26(16-18-33(29-12-8-6-9-13-29)30-14-10-7-11-15-30)35-20-21-36-34-19-17-31-24-32(43-27(2)41)22-23-39(31,4)37(34)25-38(40(35,36)5)44-28(3)42/h6-15,18,26,31-32,34-38H,16-17,19-25H2,1-5H3/t26-,31-,32+,34?,35?,36?,37?,38-,39-,40+/m0/s1. The first kappa shape index (κ1) is 31.1. The molecule has 0 N–H and O–H groups in total. The monoisotopic (exact) mass is 596 g/mol. The lowest BCUT2D eigenvalue weighted by molar-refractivity contribution is -0.197. The molecule has 236 valence electrons. The van der Waals surface area contributed by atoms with Gasteiger partial charge < -0.3 is 9.47 Å². The largest absolute Gasteiger partial charge is 0.463 e. The Bertz CT molecular complexity index is 1310. The van der Waals surface area contributed by atoms with Gasteiger partial charge in [-0.3, -0.25) is 9.59 Å². The fraction of sp³-hybridized carbons (Fsp3) is 0.600. The van der Waals surface area contributed by atoms with Gasteiger partial charge >= 0.3 is 11.9 Å². The van der Waals surface area contributed by atoms with Crippen LogP contribution in [0.15, 0.2) is 66.7 Å². The van der Waals surface area contributed by atoms with Crippen molar-refractivity contribution in [3.05, 3.63) is 77.9 Å². The summed E-state index contributed by atoms with van der Waals surface area (Å²) in [7, 11) is 0. The number of hydrogen-bond acceptors (Lipinski definition) is 4. The number of hydrogen-bond donors (Lipinski definition) is 0. The summed E-state index contributed by atoms with van der Waals surface area (Å²) < 4.78 is 12.1. The lowest BCUT2D eigenvalue weighted by Crippen LogP contribution is -2.59. The smallest absolute Gasteiger partial charge is 0.302 e. The van der Waals surface area contributed by atoms with E-state index in [1.54, 1.807) is 6.92 Å². The van der Waals surface area contributed by atoms with Gasteiger partial charge in [0.05, 0.1) is 0 Å². The summed E-state index contributed by atoms with van der Waals surface area (Å²) >= 11 is 0. The molecule has 4 fully saturated rings. The van der Waals surface area contributed by atoms with Crippen molar-refractivity contribution in [2.75, 3.05) is 0 Å². The van der Waals surface area contributed by atoms with E-state index in [4.69, 9.17) is 9.47 Å². The molecule has 4 heteroatoms. The number of carbonyl (C=O) groups is 2. The quantitative estimate of drug-likeness (QED) is 0.299. The maximum absolute atomic E-state index is 12.6. The Morgan fingerprint density at radius 2 is 1.45 bits per heavy atom. The van der Waals surface area contributed by atoms with Crippen LogP contribution in [0.3, 0.4) is 0 Å². The summed E-state index contributed by atoms with van der Waals surface area (Å²) in [5.74, 6) is 3.07. The Morgan fingerprint density at radius 1 is 0.818 bits per heavy atom. The minimum absolute atomic E-state index is 0.0160. The first-order chi connectivity index (χ1) is 21.1. The van der Waals surface area contributed by atoms with Gasteiger partial charge in [-0.2, -0.15) is 0 Å². The lowest BCUT2D eigenvalue weighted by atomic mass is 9.43. The maximum atomic E-state index is 12.6. The van der Waals surface area contributed by atoms with Crippen molar-refractivity contribution >= 4 is 17.5 Å². The molecule has 0 spiro atoms. The van der Waals surface area contributed by atoms with Crippen molar-refractivity contribution in [3.63, 3.8) is 0 Å². The number of benzene rings is 2. The third-order valence-electron chi connectivity index (χ3n) is 13.0. The van der Waals surface area contributed by atoms with Crippen LogP contribution in [-0.2, 0) is 19.1 Å². The van der Waals surface area contributed by atoms with Crippen molar-refractivity contribution in [2.45, 2.75) is 105 Å². The van der Waals surface area contributed by atoms with E-state index in [1.807, 2.05) is 0 Å². The molecule has 4 aliphatic rings. The molecule has 4 unspecified atom stereocenters. The number of carbonyl (C=O) groups excluding carboxylic acids is 2. The molecule has 0 aromatic heterocycles. The maximum Gasteiger partial charge on any atom is 0.302 e. The Labute approximate surface area is 265 Å². The normalized spacial score (nSPS) is 36.6. The van der Waals surface area contributed by atoms with E-state index in [1.165, 1.54) is 49.3 Å². The Balaban J connectivity index is 1.26. The SMILES string of the molecule is CC(=O)O[C@@H]1CC[C@]2(C)C3C[C@H](OC(C)=O)[C@@]4(C)C(CCC4[C@@H](C)CC=C(c4ccccc4)c4ccccc4)C3CC[C@H]2C1. The van der Waals surface area contributed by atoms with E-state index < -0.39 is 0 Å². The average molecular weight is 597 g/mol. The predicted octanol–water partition coefficient (Wildman–Crippen LogP) is 9.28. The topological polar surface area (TPSA) is 52.6 Å². The van der Waals surface area contributed by atoms with Gasteiger partial charge in [-0.15, -0.1) is 0 Å². The van der Waals surface area contributed by atoms with Crippen molar-refractivity contribution in [3.8, 4) is 0 Å². The highest BCUT2D eigenvalue weighted by Gasteiger charge is 2.65. The molecule has 4 aliphatic carbocycles. The highest BCUT2D eigenvalue weighted by atomic mass is 16.5. The highest BCUT2D eigenvalue weighted by Crippen LogP contribution is 2.69. The molecule has 0 aliphatic heterocycles. The Kier molecular flexibility index (Phi) is 8.83. The molecule has 0 bridgehead atoms. The van der Waals surface area contributed by atoms with Crippen LogP contribution in [0.2, 0.25) is 0 Å². The molecule has 0 heterocycles. The third-order valence-corrected chi connectivity index (χ3v) is 13.0. The molecule has 4 saturated carbocycles. The summed E-state index contributed by atoms with van der Waals surface area (Å²) in [5.41, 5.74) is 4.01. The molecular weight excluding hydrogens is 544 g/mol. The average Bonchev–Trinajstić information content (AvgIpc) is 3.37. The first-order valence-corrected chi connectivity index (χ1v) is 17.3. The van der Waals surface area contributed by atoms with Crippen molar-refractivity contribution in [1.82, 2.24) is 0 Å². The summed E-state index contributed by atoms with van der Waals surface area (Å²) in [5, 5.41) is 0. The summed E-state index contributed by atoms with van der Waals surface area (Å²) in [6, 6.07) is 21.5. The fourth-order valence-corrected chi connectivity index (χ4v) is 10.9. The minimum Gasteiger partial charge on any atom is -0.463 e. The van der Waals surface area contributed by atoms with E-state index in [-0.39, 0.29) is 35.0 Å². The number of esters is 2. The van der Waals surface area contributed by atoms with Crippen LogP contribution < -0.4 is 0 Å². The minimum atomic E-state index is -0.156. The Hall–Kier alpha value is -2.88. The molecule has 0 amide bonds. The number of allylic oxidation sites excluding steroid dienone is 1. The van der Waals surface area contributed by atoms with Gasteiger partial charge in [-0.05, 0) is 115 Å². The van der Waals surface area contributed by atoms with Crippen LogP contribution in [0, 0.1) is 46.3 Å². The zero-order chi connectivity index (χ0) is 31.1. The molecule has 2 aromatic carbocycles. The van der Waals surface area contributed by atoms with Crippen LogP contribution >= 0.6 is 0 Å². The van der Waals surface area contributed by atoms with Crippen LogP contribution in [0.5, 0.6) is 0 Å². The summed E-state index contributed by atoms with van der Waals surface area (Å²) in [6.45, 7) is 10.6. The van der Waals surface area contributed by atoms with Gasteiger partial charge in [0, 0.05) is 19.3 Å². The summed E-state index contributed by atoms with van der Waals surface area (Å²) in [6.07, 6.45) is 12.4. The second kappa shape index (κ2) is 12.5. The Morgan fingerprint density at radius 3 is 2.07 bits per heavy atom. The van der Waals surface area contributed by atoms with Gasteiger partial charge in [0.15, 0.2) is 0 Å². The van der Waals surface area contributed by atoms with Gasteiger partial charge in [-0.1, -0.05) is 87.5 Å². The third kappa shape index (κ3) is 5.67. The zero-order valence-corrected chi connectivity index (χ0v) is 27.5. The molecule has 44 heavy (non-hydrogen) atoms. The lowest BCUT2D eigenvalue weighted by Gasteiger charge is -2.62. The second-order valence-corrected chi connectivity index (χ2v) is 15.1. The molecular formula is C40H52O4. The predicted molar refractivity (Wildman–Crippen MR) is 175 cm³/mol. The van der Waals surface area contributed by atoms with E-state index in [0.717, 1.165) is 32.1 Å². The van der Waals surface area contributed by atoms with Crippen LogP contribution in [-0.4, -0.2) is 24.1 Å². The first-order valence-electron chi connectivity index (χ1n) is 17.3. The summed E-state index contributed by atoms with van der Waals surface area (Å²) in [4.78, 5) is 24.4. The molecule has 0 saturated heterocycles. The molecule has 0 radical (unpaired) electrons. The van der Waals surface area contributed by atoms with E-state index >= 15 is 0 Å². The van der Waals surface area contributed by atoms with Crippen molar-refractivity contribution < 1.29 is 19.1 Å². The fourth-order valence-electron chi connectivity index (χ4n) is 10.9. The van der Waals surface area contributed by atoms with E-state index in [2.05, 4.69) is 87.5 Å². The van der Waals surface area contributed by atoms with Crippen LogP contribution in [0.1, 0.15) is 104 Å². The molecule has 10 atom stereocenters. The highest BCUT2D eigenvalue weighted by molar-refractivity contribution is 5.79. The number of fused-ring (bicyclic) bond motifs is 5. The molecule has 4 nitrogen and oxygen atoms in total. The van der Waals surface area contributed by atoms with Gasteiger partial charge in [0.25, 0.3) is 0 Å². The van der Waals surface area contributed by atoms with Crippen LogP contribution in [0.25, 0.3) is 5.57 Å².